The molecule has 0 aliphatic rings. The lowest BCUT2D eigenvalue weighted by Gasteiger charge is -2.26. The Morgan fingerprint density at radius 2 is 1.74 bits per heavy atom. The van der Waals surface area contributed by atoms with E-state index in [0.717, 1.165) is 17.1 Å². The van der Waals surface area contributed by atoms with Crippen LogP contribution in [0.15, 0.2) is 48.5 Å². The molecule has 0 radical (unpaired) electrons. The number of nitrogens with one attached hydrogen (secondary N) is 1. The van der Waals surface area contributed by atoms with Crippen LogP contribution in [-0.2, 0) is 0 Å². The van der Waals surface area contributed by atoms with Crippen molar-refractivity contribution < 1.29 is 14.3 Å². The zero-order chi connectivity index (χ0) is 19.8. The first-order valence-electron chi connectivity index (χ1n) is 9.22. The highest BCUT2D eigenvalue weighted by Gasteiger charge is 2.19. The van der Waals surface area contributed by atoms with Gasteiger partial charge in [0, 0.05) is 17.7 Å². The Kier molecular flexibility index (Phi) is 7.67. The molecule has 0 saturated heterocycles. The second kappa shape index (κ2) is 9.97. The second-order valence-electron chi connectivity index (χ2n) is 7.16. The van der Waals surface area contributed by atoms with E-state index < -0.39 is 0 Å². The lowest BCUT2D eigenvalue weighted by molar-refractivity contribution is 0.0941. The average Bonchev–Trinajstić information content (AvgIpc) is 2.66. The van der Waals surface area contributed by atoms with Crippen LogP contribution in [0.2, 0.25) is 0 Å². The molecular formula is C22H30N2O3. The van der Waals surface area contributed by atoms with Crippen LogP contribution in [0.3, 0.4) is 0 Å². The number of amides is 1. The fraction of sp³-hybridized carbons (Fsp3) is 0.409. The summed E-state index contributed by atoms with van der Waals surface area (Å²) in [4.78, 5) is 14.6. The molecule has 0 spiro atoms. The van der Waals surface area contributed by atoms with Gasteiger partial charge in [-0.05, 0) is 50.3 Å². The van der Waals surface area contributed by atoms with Gasteiger partial charge in [-0.2, -0.15) is 0 Å². The fourth-order valence-corrected chi connectivity index (χ4v) is 2.77. The molecule has 0 unspecified atom stereocenters. The first-order valence-corrected chi connectivity index (χ1v) is 9.22. The number of likely N-dealkylation sites (N-methyl/N-ethyl adjacent to an activating group) is 1. The number of hydrogen-bond acceptors (Lipinski definition) is 4. The van der Waals surface area contributed by atoms with Gasteiger partial charge in [-0.25, -0.2) is 0 Å². The summed E-state index contributed by atoms with van der Waals surface area (Å²) in [6.07, 6.45) is 0. The Balaban J connectivity index is 2.01. The van der Waals surface area contributed by atoms with Crippen molar-refractivity contribution >= 4 is 5.91 Å². The van der Waals surface area contributed by atoms with Crippen LogP contribution in [0, 0.1) is 5.92 Å². The molecule has 2 aromatic carbocycles. The highest BCUT2D eigenvalue weighted by molar-refractivity contribution is 5.94. The van der Waals surface area contributed by atoms with Crippen molar-refractivity contribution in [2.45, 2.75) is 19.9 Å². The highest BCUT2D eigenvalue weighted by atomic mass is 16.5. The van der Waals surface area contributed by atoms with Crippen molar-refractivity contribution in [2.75, 3.05) is 34.4 Å². The van der Waals surface area contributed by atoms with Crippen LogP contribution in [0.25, 0.3) is 0 Å². The standard InChI is InChI=1S/C22H30N2O3/c1-16(2)15-27-18-12-10-17(11-13-18)22(25)23-14-20(24(3)4)19-8-6-7-9-21(19)26-5/h6-13,16,20H,14-15H2,1-5H3,(H,23,25)/t20-/m0/s1. The summed E-state index contributed by atoms with van der Waals surface area (Å²) in [6.45, 7) is 5.35. The number of carbonyl (C=O) groups excluding carboxylic acids is 1. The number of benzene rings is 2. The first kappa shape index (κ1) is 20.8. The van der Waals surface area contributed by atoms with Gasteiger partial charge in [0.15, 0.2) is 0 Å². The van der Waals surface area contributed by atoms with Crippen LogP contribution in [0.1, 0.15) is 35.8 Å². The van der Waals surface area contributed by atoms with Gasteiger partial charge >= 0.3 is 0 Å². The zero-order valence-electron chi connectivity index (χ0n) is 16.9. The maximum Gasteiger partial charge on any atom is 0.251 e. The van der Waals surface area contributed by atoms with E-state index in [9.17, 15) is 4.79 Å². The molecule has 0 fully saturated rings. The second-order valence-corrected chi connectivity index (χ2v) is 7.16. The van der Waals surface area contributed by atoms with E-state index >= 15 is 0 Å². The molecule has 0 saturated carbocycles. The topological polar surface area (TPSA) is 50.8 Å². The summed E-state index contributed by atoms with van der Waals surface area (Å²) in [7, 11) is 5.64. The van der Waals surface area contributed by atoms with E-state index in [0.29, 0.717) is 24.6 Å². The Morgan fingerprint density at radius 3 is 2.33 bits per heavy atom. The van der Waals surface area contributed by atoms with Gasteiger partial charge in [0.2, 0.25) is 0 Å². The lowest BCUT2D eigenvalue weighted by Crippen LogP contribution is -2.34. The molecule has 2 aromatic rings. The van der Waals surface area contributed by atoms with Crippen molar-refractivity contribution in [1.82, 2.24) is 10.2 Å². The highest BCUT2D eigenvalue weighted by Crippen LogP contribution is 2.27. The van der Waals surface area contributed by atoms with Gasteiger partial charge in [0.1, 0.15) is 11.5 Å². The monoisotopic (exact) mass is 370 g/mol. The molecular weight excluding hydrogens is 340 g/mol. The SMILES string of the molecule is COc1ccccc1[C@H](CNC(=O)c1ccc(OCC(C)C)cc1)N(C)C. The van der Waals surface area contributed by atoms with Crippen molar-refractivity contribution in [3.8, 4) is 11.5 Å². The van der Waals surface area contributed by atoms with Crippen LogP contribution in [0.5, 0.6) is 11.5 Å². The summed E-state index contributed by atoms with van der Waals surface area (Å²) in [6, 6.07) is 15.1. The summed E-state index contributed by atoms with van der Waals surface area (Å²) in [5.74, 6) is 1.95. The molecule has 5 nitrogen and oxygen atoms in total. The van der Waals surface area contributed by atoms with Crippen LogP contribution >= 0.6 is 0 Å². The molecule has 0 aromatic heterocycles. The predicted molar refractivity (Wildman–Crippen MR) is 109 cm³/mol. The van der Waals surface area contributed by atoms with Crippen LogP contribution in [-0.4, -0.2) is 45.2 Å². The maximum absolute atomic E-state index is 12.5. The van der Waals surface area contributed by atoms with Crippen LogP contribution < -0.4 is 14.8 Å². The quantitative estimate of drug-likeness (QED) is 0.730. The van der Waals surface area contributed by atoms with E-state index in [-0.39, 0.29) is 11.9 Å². The number of methoxy groups -OCH3 is 1. The number of hydrogen-bond donors (Lipinski definition) is 1. The van der Waals surface area contributed by atoms with Gasteiger partial charge in [0.05, 0.1) is 19.8 Å². The van der Waals surface area contributed by atoms with E-state index in [2.05, 4.69) is 24.1 Å². The number of ether oxygens (including phenoxy) is 2. The minimum Gasteiger partial charge on any atom is -0.496 e. The molecule has 27 heavy (non-hydrogen) atoms. The molecule has 1 atom stereocenters. The normalized spacial score (nSPS) is 12.1. The summed E-state index contributed by atoms with van der Waals surface area (Å²) >= 11 is 0. The number of nitrogens with zero attached hydrogens (tertiary/aromatic N) is 1. The molecule has 146 valence electrons. The van der Waals surface area contributed by atoms with Gasteiger partial charge in [-0.15, -0.1) is 0 Å². The molecule has 0 bridgehead atoms. The minimum absolute atomic E-state index is 0.0127. The molecule has 2 rings (SSSR count). The molecule has 0 aliphatic heterocycles. The predicted octanol–water partition coefficient (Wildman–Crippen LogP) is 3.76. The van der Waals surface area contributed by atoms with Crippen LogP contribution in [0.4, 0.5) is 0 Å². The Labute approximate surface area is 162 Å². The Hall–Kier alpha value is -2.53. The van der Waals surface area contributed by atoms with Crippen molar-refractivity contribution in [3.05, 3.63) is 59.7 Å². The lowest BCUT2D eigenvalue weighted by atomic mass is 10.0. The fourth-order valence-electron chi connectivity index (χ4n) is 2.77. The minimum atomic E-state index is -0.104. The molecule has 0 aliphatic carbocycles. The maximum atomic E-state index is 12.5. The van der Waals surface area contributed by atoms with E-state index in [1.54, 1.807) is 19.2 Å². The summed E-state index contributed by atoms with van der Waals surface area (Å²) in [5.41, 5.74) is 1.66. The van der Waals surface area contributed by atoms with E-state index in [1.165, 1.54) is 0 Å². The van der Waals surface area contributed by atoms with E-state index in [4.69, 9.17) is 9.47 Å². The number of carbonyl (C=O) groups is 1. The van der Waals surface area contributed by atoms with Crippen molar-refractivity contribution in [1.29, 1.82) is 0 Å². The van der Waals surface area contributed by atoms with Crippen molar-refractivity contribution in [2.24, 2.45) is 5.92 Å². The average molecular weight is 370 g/mol. The smallest absolute Gasteiger partial charge is 0.251 e. The number of rotatable bonds is 9. The molecule has 1 amide bonds. The molecule has 5 heteroatoms. The van der Waals surface area contributed by atoms with Crippen molar-refractivity contribution in [3.63, 3.8) is 0 Å². The van der Waals surface area contributed by atoms with Gasteiger partial charge in [-0.1, -0.05) is 32.0 Å². The third-order valence-corrected chi connectivity index (χ3v) is 4.28. The summed E-state index contributed by atoms with van der Waals surface area (Å²) in [5, 5.41) is 3.02. The Bertz CT molecular complexity index is 727. The molecule has 0 heterocycles. The van der Waals surface area contributed by atoms with E-state index in [1.807, 2.05) is 50.5 Å². The number of para-hydroxylation sites is 1. The van der Waals surface area contributed by atoms with Gasteiger partial charge < -0.3 is 19.7 Å². The zero-order valence-corrected chi connectivity index (χ0v) is 16.9. The van der Waals surface area contributed by atoms with Gasteiger partial charge in [-0.3, -0.25) is 4.79 Å². The first-order chi connectivity index (χ1) is 12.9. The third kappa shape index (κ3) is 6.00. The summed E-state index contributed by atoms with van der Waals surface area (Å²) < 4.78 is 11.1. The third-order valence-electron chi connectivity index (χ3n) is 4.28. The van der Waals surface area contributed by atoms with Gasteiger partial charge in [0.25, 0.3) is 5.91 Å². The largest absolute Gasteiger partial charge is 0.496 e. The molecule has 1 N–H and O–H groups in total. The Morgan fingerprint density at radius 1 is 1.07 bits per heavy atom.